The summed E-state index contributed by atoms with van der Waals surface area (Å²) < 4.78 is 7.72. The van der Waals surface area contributed by atoms with E-state index in [1.165, 1.54) is 10.4 Å². The van der Waals surface area contributed by atoms with Gasteiger partial charge in [0, 0.05) is 14.9 Å². The third-order valence-electron chi connectivity index (χ3n) is 3.15. The predicted octanol–water partition coefficient (Wildman–Crippen LogP) is 5.29. The average Bonchev–Trinajstić information content (AvgIpc) is 2.75. The van der Waals surface area contributed by atoms with Gasteiger partial charge in [0.2, 0.25) is 0 Å². The van der Waals surface area contributed by atoms with Crippen LogP contribution in [0.4, 0.5) is 0 Å². The zero-order valence-corrected chi connectivity index (χ0v) is 15.7. The van der Waals surface area contributed by atoms with Crippen LogP contribution in [-0.2, 0) is 0 Å². The van der Waals surface area contributed by atoms with E-state index < -0.39 is 0 Å². The predicted molar refractivity (Wildman–Crippen MR) is 93.0 cm³/mol. The summed E-state index contributed by atoms with van der Waals surface area (Å²) in [6, 6.07) is 8.51. The fourth-order valence-corrected chi connectivity index (χ4v) is 4.35. The van der Waals surface area contributed by atoms with Crippen LogP contribution in [0.25, 0.3) is 0 Å². The van der Waals surface area contributed by atoms with Gasteiger partial charge in [0.15, 0.2) is 0 Å². The first-order valence-electron chi connectivity index (χ1n) is 6.39. The third kappa shape index (κ3) is 3.45. The smallest absolute Gasteiger partial charge is 0.125 e. The first-order valence-corrected chi connectivity index (χ1v) is 8.79. The van der Waals surface area contributed by atoms with E-state index >= 15 is 0 Å². The highest BCUT2D eigenvalue weighted by Gasteiger charge is 2.21. The minimum atomic E-state index is 0.144. The molecular weight excluding hydrogens is 402 g/mol. The SMILES string of the molecule is CCNC(c1ccc(Br)cc1OC)c1cc(Br)sc1C. The summed E-state index contributed by atoms with van der Waals surface area (Å²) in [6.07, 6.45) is 0. The van der Waals surface area contributed by atoms with E-state index in [9.17, 15) is 0 Å². The van der Waals surface area contributed by atoms with Gasteiger partial charge in [-0.2, -0.15) is 0 Å². The van der Waals surface area contributed by atoms with Crippen molar-refractivity contribution in [2.24, 2.45) is 0 Å². The number of thiophene rings is 1. The molecule has 2 nitrogen and oxygen atoms in total. The number of benzene rings is 1. The molecule has 1 atom stereocenters. The fraction of sp³-hybridized carbons (Fsp3) is 0.333. The van der Waals surface area contributed by atoms with Gasteiger partial charge < -0.3 is 10.1 Å². The Morgan fingerprint density at radius 3 is 2.55 bits per heavy atom. The lowest BCUT2D eigenvalue weighted by Gasteiger charge is -2.21. The minimum absolute atomic E-state index is 0.144. The summed E-state index contributed by atoms with van der Waals surface area (Å²) >= 11 is 8.83. The van der Waals surface area contributed by atoms with Crippen molar-refractivity contribution in [1.82, 2.24) is 5.32 Å². The summed E-state index contributed by atoms with van der Waals surface area (Å²) in [5, 5.41) is 3.55. The van der Waals surface area contributed by atoms with E-state index in [1.807, 2.05) is 6.07 Å². The molecule has 0 saturated carbocycles. The van der Waals surface area contributed by atoms with Crippen molar-refractivity contribution < 1.29 is 4.74 Å². The second-order valence-corrected chi connectivity index (χ2v) is 7.99. The van der Waals surface area contributed by atoms with Gasteiger partial charge in [0.1, 0.15) is 5.75 Å². The Morgan fingerprint density at radius 2 is 2.00 bits per heavy atom. The molecule has 1 aromatic heterocycles. The summed E-state index contributed by atoms with van der Waals surface area (Å²) in [6.45, 7) is 5.17. The molecular formula is C15H17Br2NOS. The minimum Gasteiger partial charge on any atom is -0.496 e. The number of aryl methyl sites for hydroxylation is 1. The van der Waals surface area contributed by atoms with Crippen LogP contribution in [0.1, 0.15) is 29.0 Å². The molecule has 0 aliphatic rings. The van der Waals surface area contributed by atoms with E-state index in [0.29, 0.717) is 0 Å². The Bertz CT molecular complexity index is 598. The van der Waals surface area contributed by atoms with E-state index in [-0.39, 0.29) is 6.04 Å². The average molecular weight is 419 g/mol. The van der Waals surface area contributed by atoms with Gasteiger partial charge in [-0.3, -0.25) is 0 Å². The van der Waals surface area contributed by atoms with Crippen LogP contribution in [0.3, 0.4) is 0 Å². The first-order chi connectivity index (χ1) is 9.56. The van der Waals surface area contributed by atoms with Crippen LogP contribution < -0.4 is 10.1 Å². The Labute approximate surface area is 140 Å². The lowest BCUT2D eigenvalue weighted by molar-refractivity contribution is 0.404. The van der Waals surface area contributed by atoms with Crippen molar-refractivity contribution in [2.75, 3.05) is 13.7 Å². The van der Waals surface area contributed by atoms with Gasteiger partial charge in [-0.1, -0.05) is 28.9 Å². The van der Waals surface area contributed by atoms with Crippen LogP contribution in [-0.4, -0.2) is 13.7 Å². The molecule has 0 aliphatic heterocycles. The second kappa shape index (κ2) is 7.07. The molecule has 1 N–H and O–H groups in total. The van der Waals surface area contributed by atoms with Crippen molar-refractivity contribution >= 4 is 43.2 Å². The lowest BCUT2D eigenvalue weighted by Crippen LogP contribution is -2.22. The van der Waals surface area contributed by atoms with E-state index in [2.05, 4.69) is 69.2 Å². The molecule has 20 heavy (non-hydrogen) atoms. The van der Waals surface area contributed by atoms with Gasteiger partial charge in [0.25, 0.3) is 0 Å². The Kier molecular flexibility index (Phi) is 5.66. The molecule has 1 unspecified atom stereocenters. The zero-order valence-electron chi connectivity index (χ0n) is 11.7. The van der Waals surface area contributed by atoms with Crippen molar-refractivity contribution in [3.8, 4) is 5.75 Å². The maximum Gasteiger partial charge on any atom is 0.125 e. The highest BCUT2D eigenvalue weighted by Crippen LogP contribution is 2.37. The lowest BCUT2D eigenvalue weighted by atomic mass is 9.98. The molecule has 0 spiro atoms. The zero-order chi connectivity index (χ0) is 14.7. The quantitative estimate of drug-likeness (QED) is 0.712. The van der Waals surface area contributed by atoms with Crippen LogP contribution in [0.2, 0.25) is 0 Å². The topological polar surface area (TPSA) is 21.3 Å². The number of methoxy groups -OCH3 is 1. The van der Waals surface area contributed by atoms with Crippen molar-refractivity contribution in [3.63, 3.8) is 0 Å². The normalized spacial score (nSPS) is 12.4. The Balaban J connectivity index is 2.51. The summed E-state index contributed by atoms with van der Waals surface area (Å²) in [7, 11) is 1.71. The second-order valence-electron chi connectivity index (χ2n) is 4.44. The van der Waals surface area contributed by atoms with E-state index in [1.54, 1.807) is 18.4 Å². The van der Waals surface area contributed by atoms with Crippen LogP contribution in [0.15, 0.2) is 32.5 Å². The molecule has 0 aliphatic carbocycles. The standard InChI is InChI=1S/C15H17Br2NOS/c1-4-18-15(12-8-14(17)20-9(12)2)11-6-5-10(16)7-13(11)19-3/h5-8,15,18H,4H2,1-3H3. The molecule has 2 aromatic rings. The number of hydrogen-bond acceptors (Lipinski definition) is 3. The van der Waals surface area contributed by atoms with Gasteiger partial charge in [-0.25, -0.2) is 0 Å². The maximum absolute atomic E-state index is 5.54. The highest BCUT2D eigenvalue weighted by molar-refractivity contribution is 9.11. The van der Waals surface area contributed by atoms with Crippen LogP contribution >= 0.6 is 43.2 Å². The van der Waals surface area contributed by atoms with Crippen molar-refractivity contribution in [1.29, 1.82) is 0 Å². The number of nitrogens with one attached hydrogen (secondary N) is 1. The third-order valence-corrected chi connectivity index (χ3v) is 5.21. The number of hydrogen-bond donors (Lipinski definition) is 1. The van der Waals surface area contributed by atoms with Gasteiger partial charge in [-0.05, 0) is 53.2 Å². The molecule has 0 amide bonds. The van der Waals surface area contributed by atoms with Crippen molar-refractivity contribution in [2.45, 2.75) is 19.9 Å². The monoisotopic (exact) mass is 417 g/mol. The molecule has 0 saturated heterocycles. The van der Waals surface area contributed by atoms with Crippen molar-refractivity contribution in [3.05, 3.63) is 48.5 Å². The van der Waals surface area contributed by atoms with Gasteiger partial charge in [-0.15, -0.1) is 11.3 Å². The molecule has 1 aromatic carbocycles. The number of rotatable bonds is 5. The Hall–Kier alpha value is -0.360. The maximum atomic E-state index is 5.54. The summed E-state index contributed by atoms with van der Waals surface area (Å²) in [5.41, 5.74) is 2.45. The van der Waals surface area contributed by atoms with E-state index in [0.717, 1.165) is 26.1 Å². The fourth-order valence-electron chi connectivity index (χ4n) is 2.26. The molecule has 0 bridgehead atoms. The molecule has 2 rings (SSSR count). The van der Waals surface area contributed by atoms with E-state index in [4.69, 9.17) is 4.74 Å². The van der Waals surface area contributed by atoms with Crippen LogP contribution in [0.5, 0.6) is 5.75 Å². The van der Waals surface area contributed by atoms with Crippen LogP contribution in [0, 0.1) is 6.92 Å². The van der Waals surface area contributed by atoms with Gasteiger partial charge in [0.05, 0.1) is 16.9 Å². The molecule has 1 heterocycles. The molecule has 0 fully saturated rings. The molecule has 108 valence electrons. The highest BCUT2D eigenvalue weighted by atomic mass is 79.9. The Morgan fingerprint density at radius 1 is 1.25 bits per heavy atom. The van der Waals surface area contributed by atoms with Gasteiger partial charge >= 0.3 is 0 Å². The summed E-state index contributed by atoms with van der Waals surface area (Å²) in [4.78, 5) is 1.31. The molecule has 5 heteroatoms. The largest absolute Gasteiger partial charge is 0.496 e. The first kappa shape index (κ1) is 16.0. The molecule has 0 radical (unpaired) electrons. The summed E-state index contributed by atoms with van der Waals surface area (Å²) in [5.74, 6) is 0.895. The number of halogens is 2. The number of ether oxygens (including phenoxy) is 1.